The van der Waals surface area contributed by atoms with Crippen LogP contribution < -0.4 is 0 Å². The van der Waals surface area contributed by atoms with Gasteiger partial charge in [-0.25, -0.2) is 0 Å². The number of hydrogen-bond donors (Lipinski definition) is 0. The minimum atomic E-state index is 0.0770. The summed E-state index contributed by atoms with van der Waals surface area (Å²) in [7, 11) is 1.87. The van der Waals surface area contributed by atoms with E-state index in [2.05, 4.69) is 17.0 Å². The van der Waals surface area contributed by atoms with Gasteiger partial charge >= 0.3 is 0 Å². The smallest absolute Gasteiger partial charge is 0.170 e. The fourth-order valence-electron chi connectivity index (χ4n) is 1.81. The van der Waals surface area contributed by atoms with E-state index in [-0.39, 0.29) is 5.78 Å². The summed E-state index contributed by atoms with van der Waals surface area (Å²) in [4.78, 5) is 16.2. The van der Waals surface area contributed by atoms with Crippen molar-refractivity contribution in [1.29, 1.82) is 0 Å². The Kier molecular flexibility index (Phi) is 3.55. The molecule has 0 aliphatic carbocycles. The third-order valence-corrected chi connectivity index (χ3v) is 2.96. The third-order valence-electron chi connectivity index (χ3n) is 2.96. The topological polar surface area (TPSA) is 47.8 Å². The molecular weight excluding hydrogens is 226 g/mol. The van der Waals surface area contributed by atoms with E-state index in [9.17, 15) is 4.79 Å². The number of rotatable bonds is 4. The van der Waals surface area contributed by atoms with Crippen LogP contribution in [0.3, 0.4) is 0 Å². The van der Waals surface area contributed by atoms with E-state index < -0.39 is 0 Å². The highest BCUT2D eigenvalue weighted by Crippen LogP contribution is 2.09. The molecule has 2 aromatic rings. The van der Waals surface area contributed by atoms with Gasteiger partial charge in [0.2, 0.25) is 0 Å². The van der Waals surface area contributed by atoms with Crippen molar-refractivity contribution in [2.75, 3.05) is 0 Å². The number of Topliss-reactive ketones (excluding diaryl/α,β-unsaturated/α-hetero) is 1. The second-order valence-corrected chi connectivity index (χ2v) is 4.39. The minimum absolute atomic E-state index is 0.0770. The lowest BCUT2D eigenvalue weighted by Gasteiger charge is -2.01. The molecule has 0 atom stereocenters. The largest absolute Gasteiger partial charge is 0.294 e. The Labute approximate surface area is 107 Å². The first-order valence-electron chi connectivity index (χ1n) is 6.07. The molecule has 0 bridgehead atoms. The molecule has 4 heteroatoms. The summed E-state index contributed by atoms with van der Waals surface area (Å²) in [5, 5.41) is 4.34. The van der Waals surface area contributed by atoms with Crippen LogP contribution in [0.4, 0.5) is 0 Å². The minimum Gasteiger partial charge on any atom is -0.294 e. The molecule has 2 aromatic heterocycles. The Hall–Kier alpha value is -1.97. The van der Waals surface area contributed by atoms with Crippen LogP contribution in [-0.4, -0.2) is 20.5 Å². The van der Waals surface area contributed by atoms with Crippen LogP contribution in [-0.2, 0) is 19.9 Å². The molecule has 0 fully saturated rings. The molecule has 94 valence electrons. The Morgan fingerprint density at radius 1 is 1.39 bits per heavy atom. The second-order valence-electron chi connectivity index (χ2n) is 4.39. The summed E-state index contributed by atoms with van der Waals surface area (Å²) >= 11 is 0. The van der Waals surface area contributed by atoms with Crippen molar-refractivity contribution >= 4 is 5.78 Å². The maximum atomic E-state index is 12.1. The Morgan fingerprint density at radius 3 is 2.72 bits per heavy atom. The van der Waals surface area contributed by atoms with Crippen molar-refractivity contribution in [2.24, 2.45) is 7.05 Å². The van der Waals surface area contributed by atoms with Gasteiger partial charge in [0.25, 0.3) is 0 Å². The van der Waals surface area contributed by atoms with Gasteiger partial charge < -0.3 is 0 Å². The third kappa shape index (κ3) is 2.64. The van der Waals surface area contributed by atoms with E-state index in [0.717, 1.165) is 23.5 Å². The molecule has 0 aliphatic heterocycles. The lowest BCUT2D eigenvalue weighted by atomic mass is 10.1. The summed E-state index contributed by atoms with van der Waals surface area (Å²) in [6, 6.07) is 5.66. The molecule has 4 nitrogen and oxygen atoms in total. The number of pyridine rings is 1. The first-order valence-corrected chi connectivity index (χ1v) is 6.07. The van der Waals surface area contributed by atoms with Crippen molar-refractivity contribution in [3.8, 4) is 0 Å². The number of nitrogens with zero attached hydrogens (tertiary/aromatic N) is 3. The fourth-order valence-corrected chi connectivity index (χ4v) is 1.81. The zero-order valence-electron chi connectivity index (χ0n) is 11.0. The standard InChI is InChI=1S/C14H17N3O/c1-4-12-7-13(17(3)16-12)8-14(18)11-6-5-10(2)15-9-11/h5-7,9H,4,8H2,1-3H3. The van der Waals surface area contributed by atoms with Crippen LogP contribution >= 0.6 is 0 Å². The number of aryl methyl sites for hydroxylation is 3. The van der Waals surface area contributed by atoms with E-state index in [0.29, 0.717) is 12.0 Å². The van der Waals surface area contributed by atoms with E-state index in [1.54, 1.807) is 10.9 Å². The molecule has 2 rings (SSSR count). The van der Waals surface area contributed by atoms with Gasteiger partial charge in [-0.3, -0.25) is 14.5 Å². The molecule has 0 aromatic carbocycles. The molecule has 0 amide bonds. The predicted octanol–water partition coefficient (Wildman–Crippen LogP) is 2.11. The van der Waals surface area contributed by atoms with Gasteiger partial charge in [-0.05, 0) is 31.5 Å². The van der Waals surface area contributed by atoms with Crippen LogP contribution in [0.25, 0.3) is 0 Å². The van der Waals surface area contributed by atoms with Crippen LogP contribution in [0.5, 0.6) is 0 Å². The second kappa shape index (κ2) is 5.12. The molecule has 18 heavy (non-hydrogen) atoms. The summed E-state index contributed by atoms with van der Waals surface area (Å²) in [6.45, 7) is 3.96. The highest BCUT2D eigenvalue weighted by atomic mass is 16.1. The summed E-state index contributed by atoms with van der Waals surface area (Å²) in [6.07, 6.45) is 2.89. The van der Waals surface area contributed by atoms with Gasteiger partial charge in [0.15, 0.2) is 5.78 Å². The molecule has 0 spiro atoms. The van der Waals surface area contributed by atoms with Crippen molar-refractivity contribution in [3.63, 3.8) is 0 Å². The normalized spacial score (nSPS) is 10.6. The number of aromatic nitrogens is 3. The quantitative estimate of drug-likeness (QED) is 0.773. The molecule has 0 radical (unpaired) electrons. The molecule has 0 unspecified atom stereocenters. The fraction of sp³-hybridized carbons (Fsp3) is 0.357. The molecule has 0 saturated carbocycles. The van der Waals surface area contributed by atoms with Gasteiger partial charge in [-0.1, -0.05) is 6.92 Å². The number of carbonyl (C=O) groups is 1. The molecular formula is C14H17N3O. The summed E-state index contributed by atoms with van der Waals surface area (Å²) in [5.74, 6) is 0.0770. The van der Waals surface area contributed by atoms with Gasteiger partial charge in [-0.15, -0.1) is 0 Å². The van der Waals surface area contributed by atoms with E-state index in [4.69, 9.17) is 0 Å². The highest BCUT2D eigenvalue weighted by Gasteiger charge is 2.11. The average molecular weight is 243 g/mol. The first kappa shape index (κ1) is 12.5. The van der Waals surface area contributed by atoms with E-state index in [1.165, 1.54) is 0 Å². The van der Waals surface area contributed by atoms with E-state index in [1.807, 2.05) is 32.2 Å². The maximum absolute atomic E-state index is 12.1. The number of carbonyl (C=O) groups excluding carboxylic acids is 1. The van der Waals surface area contributed by atoms with Crippen LogP contribution in [0.15, 0.2) is 24.4 Å². The van der Waals surface area contributed by atoms with Crippen molar-refractivity contribution in [2.45, 2.75) is 26.7 Å². The Bertz CT molecular complexity index is 555. The van der Waals surface area contributed by atoms with Crippen LogP contribution in [0.1, 0.15) is 34.4 Å². The summed E-state index contributed by atoms with van der Waals surface area (Å²) in [5.41, 5.74) is 3.53. The molecule has 2 heterocycles. The van der Waals surface area contributed by atoms with Gasteiger partial charge in [0.1, 0.15) is 0 Å². The zero-order valence-corrected chi connectivity index (χ0v) is 11.0. The highest BCUT2D eigenvalue weighted by molar-refractivity contribution is 5.97. The number of hydrogen-bond acceptors (Lipinski definition) is 3. The lowest BCUT2D eigenvalue weighted by Crippen LogP contribution is -2.08. The monoisotopic (exact) mass is 243 g/mol. The average Bonchev–Trinajstić information content (AvgIpc) is 2.71. The van der Waals surface area contributed by atoms with Gasteiger partial charge in [0.05, 0.1) is 12.1 Å². The maximum Gasteiger partial charge on any atom is 0.170 e. The van der Waals surface area contributed by atoms with Gasteiger partial charge in [-0.2, -0.15) is 5.10 Å². The molecule has 0 saturated heterocycles. The first-order chi connectivity index (χ1) is 8.60. The van der Waals surface area contributed by atoms with Crippen LogP contribution in [0, 0.1) is 6.92 Å². The zero-order chi connectivity index (χ0) is 13.1. The van der Waals surface area contributed by atoms with Crippen molar-refractivity contribution in [1.82, 2.24) is 14.8 Å². The molecule has 0 aliphatic rings. The van der Waals surface area contributed by atoms with Gasteiger partial charge in [0, 0.05) is 30.2 Å². The Morgan fingerprint density at radius 2 is 2.17 bits per heavy atom. The molecule has 0 N–H and O–H groups in total. The Balaban J connectivity index is 2.15. The van der Waals surface area contributed by atoms with E-state index >= 15 is 0 Å². The van der Waals surface area contributed by atoms with Crippen molar-refractivity contribution < 1.29 is 4.79 Å². The lowest BCUT2D eigenvalue weighted by molar-refractivity contribution is 0.0990. The predicted molar refractivity (Wildman–Crippen MR) is 69.6 cm³/mol. The number of ketones is 1. The van der Waals surface area contributed by atoms with Crippen LogP contribution in [0.2, 0.25) is 0 Å². The SMILES string of the molecule is CCc1cc(CC(=O)c2ccc(C)nc2)n(C)n1. The van der Waals surface area contributed by atoms with Crippen molar-refractivity contribution in [3.05, 3.63) is 47.0 Å². The summed E-state index contributed by atoms with van der Waals surface area (Å²) < 4.78 is 1.78.